The minimum Gasteiger partial charge on any atom is -1.00 e. The summed E-state index contributed by atoms with van der Waals surface area (Å²) in [5.41, 5.74) is 0. The van der Waals surface area contributed by atoms with Gasteiger partial charge in [-0.05, 0) is 56.1 Å². The Hall–Kier alpha value is -0.580. The van der Waals surface area contributed by atoms with Crippen molar-refractivity contribution in [3.8, 4) is 11.5 Å². The molecular weight excluding hydrogens is 294 g/mol. The molecule has 0 bridgehead atoms. The first-order valence-corrected chi connectivity index (χ1v) is 8.22. The Labute approximate surface area is 131 Å². The van der Waals surface area contributed by atoms with E-state index in [0.29, 0.717) is 0 Å². The van der Waals surface area contributed by atoms with E-state index in [2.05, 4.69) is 0 Å². The maximum Gasteiger partial charge on any atom is 0.129 e. The Morgan fingerprint density at radius 2 is 1.80 bits per heavy atom. The molecule has 3 nitrogen and oxygen atoms in total. The fourth-order valence-electron chi connectivity index (χ4n) is 2.58. The zero-order valence-corrected chi connectivity index (χ0v) is 13.3. The van der Waals surface area contributed by atoms with E-state index >= 15 is 0 Å². The van der Waals surface area contributed by atoms with Crippen molar-refractivity contribution in [2.75, 3.05) is 25.4 Å². The van der Waals surface area contributed by atoms with E-state index < -0.39 is 0 Å². The molecule has 0 radical (unpaired) electrons. The smallest absolute Gasteiger partial charge is 0.129 e. The number of benzene rings is 1. The minimum atomic E-state index is 0. The molecule has 1 aromatic rings. The first-order chi connectivity index (χ1) is 9.25. The van der Waals surface area contributed by atoms with Crippen molar-refractivity contribution in [2.24, 2.45) is 0 Å². The Morgan fingerprint density at radius 3 is 2.55 bits per heavy atom. The lowest BCUT2D eigenvalue weighted by Gasteiger charge is -2.23. The van der Waals surface area contributed by atoms with Crippen LogP contribution in [-0.4, -0.2) is 35.6 Å². The van der Waals surface area contributed by atoms with Crippen LogP contribution in [0.25, 0.3) is 0 Å². The summed E-state index contributed by atoms with van der Waals surface area (Å²) in [5.74, 6) is 1.49. The molecule has 0 aromatic heterocycles. The second kappa shape index (κ2) is 9.37. The highest BCUT2D eigenvalue weighted by atomic mass is 35.5. The number of halogens is 1. The molecule has 0 unspecified atom stereocenters. The van der Waals surface area contributed by atoms with Gasteiger partial charge in [-0.2, -0.15) is 0 Å². The predicted molar refractivity (Wildman–Crippen MR) is 79.1 cm³/mol. The van der Waals surface area contributed by atoms with Crippen LogP contribution in [-0.2, 0) is 0 Å². The van der Waals surface area contributed by atoms with E-state index in [4.69, 9.17) is 0 Å². The first-order valence-electron chi connectivity index (χ1n) is 7.24. The third-order valence-corrected chi connectivity index (χ3v) is 4.82. The van der Waals surface area contributed by atoms with Crippen molar-refractivity contribution in [3.05, 3.63) is 18.2 Å². The van der Waals surface area contributed by atoms with Crippen LogP contribution in [0.1, 0.15) is 32.1 Å². The first kappa shape index (κ1) is 17.5. The fraction of sp³-hybridized carbons (Fsp3) is 0.600. The monoisotopic (exact) mass is 317 g/mol. The van der Waals surface area contributed by atoms with Crippen molar-refractivity contribution in [1.29, 1.82) is 0 Å². The quantitative estimate of drug-likeness (QED) is 0.360. The van der Waals surface area contributed by atoms with Gasteiger partial charge in [-0.1, -0.05) is 0 Å². The van der Waals surface area contributed by atoms with Gasteiger partial charge in [0.1, 0.15) is 11.5 Å². The molecule has 0 atom stereocenters. The van der Waals surface area contributed by atoms with Gasteiger partial charge in [0.05, 0.1) is 24.5 Å². The number of nitrogens with one attached hydrogen (secondary N) is 1. The molecule has 1 aliphatic heterocycles. The standard InChI is InChI=1S/C15H23NO2S.ClH/c17-13-6-7-14(18)15(12-13)19-11-5-4-10-16-8-2-1-3-9-16;/h6-7,12,17-18H,1-5,8-11H2;1H. The summed E-state index contributed by atoms with van der Waals surface area (Å²) >= 11 is 1.63. The van der Waals surface area contributed by atoms with Crippen molar-refractivity contribution >= 4 is 11.8 Å². The number of likely N-dealkylation sites (tertiary alicyclic amines) is 1. The highest BCUT2D eigenvalue weighted by Gasteiger charge is 2.12. The normalized spacial score (nSPS) is 15.8. The van der Waals surface area contributed by atoms with Crippen LogP contribution in [0, 0.1) is 0 Å². The summed E-state index contributed by atoms with van der Waals surface area (Å²) in [6, 6.07) is 4.70. The highest BCUT2D eigenvalue weighted by molar-refractivity contribution is 7.99. The number of unbranched alkanes of at least 4 members (excludes halogenated alkanes) is 1. The number of thioether (sulfide) groups is 1. The maximum atomic E-state index is 9.66. The van der Waals surface area contributed by atoms with Crippen molar-refractivity contribution in [3.63, 3.8) is 0 Å². The largest absolute Gasteiger partial charge is 1.00 e. The Morgan fingerprint density at radius 1 is 1.05 bits per heavy atom. The van der Waals surface area contributed by atoms with Crippen molar-refractivity contribution in [1.82, 2.24) is 0 Å². The fourth-order valence-corrected chi connectivity index (χ4v) is 3.57. The Kier molecular flexibility index (Phi) is 8.19. The van der Waals surface area contributed by atoms with E-state index in [-0.39, 0.29) is 23.9 Å². The van der Waals surface area contributed by atoms with Crippen molar-refractivity contribution in [2.45, 2.75) is 37.0 Å². The molecule has 1 heterocycles. The molecule has 0 aliphatic carbocycles. The van der Waals surface area contributed by atoms with Crippen LogP contribution in [0.4, 0.5) is 0 Å². The number of phenols is 2. The summed E-state index contributed by atoms with van der Waals surface area (Å²) in [6.45, 7) is 3.98. The molecule has 114 valence electrons. The maximum absolute atomic E-state index is 9.66. The molecule has 20 heavy (non-hydrogen) atoms. The molecule has 0 spiro atoms. The Bertz CT molecular complexity index is 397. The van der Waals surface area contributed by atoms with Crippen LogP contribution in [0.5, 0.6) is 11.5 Å². The molecule has 1 saturated heterocycles. The number of hydrogen-bond donors (Lipinski definition) is 3. The van der Waals surface area contributed by atoms with Gasteiger partial charge < -0.3 is 27.5 Å². The van der Waals surface area contributed by atoms with Crippen LogP contribution >= 0.6 is 11.8 Å². The van der Waals surface area contributed by atoms with E-state index in [0.717, 1.165) is 10.6 Å². The van der Waals surface area contributed by atoms with E-state index in [1.54, 1.807) is 28.8 Å². The van der Waals surface area contributed by atoms with Gasteiger partial charge in [0.25, 0.3) is 0 Å². The summed E-state index contributed by atoms with van der Waals surface area (Å²) in [6.07, 6.45) is 6.61. The zero-order chi connectivity index (χ0) is 13.5. The van der Waals surface area contributed by atoms with Crippen molar-refractivity contribution < 1.29 is 27.5 Å². The second-order valence-corrected chi connectivity index (χ2v) is 6.41. The van der Waals surface area contributed by atoms with Gasteiger partial charge in [0.2, 0.25) is 0 Å². The molecule has 1 aliphatic rings. The zero-order valence-electron chi connectivity index (χ0n) is 11.8. The van der Waals surface area contributed by atoms with Gasteiger partial charge in [0, 0.05) is 0 Å². The summed E-state index contributed by atoms with van der Waals surface area (Å²) in [4.78, 5) is 2.54. The molecule has 1 fully saturated rings. The topological polar surface area (TPSA) is 44.9 Å². The number of rotatable bonds is 6. The molecule has 0 saturated carbocycles. The second-order valence-electron chi connectivity index (χ2n) is 5.27. The predicted octanol–water partition coefficient (Wildman–Crippen LogP) is -0.957. The van der Waals surface area contributed by atoms with Gasteiger partial charge in [-0.3, -0.25) is 0 Å². The lowest BCUT2D eigenvalue weighted by Crippen LogP contribution is -3.12. The average Bonchev–Trinajstić information content (AvgIpc) is 2.43. The lowest BCUT2D eigenvalue weighted by molar-refractivity contribution is -0.905. The number of piperidine rings is 1. The van der Waals surface area contributed by atoms with Crippen LogP contribution in [0.15, 0.2) is 23.1 Å². The number of quaternary nitrogens is 1. The van der Waals surface area contributed by atoms with Gasteiger partial charge in [-0.25, -0.2) is 0 Å². The number of aromatic hydroxyl groups is 2. The van der Waals surface area contributed by atoms with E-state index in [1.165, 1.54) is 57.8 Å². The van der Waals surface area contributed by atoms with E-state index in [9.17, 15) is 10.2 Å². The SMILES string of the molecule is Oc1ccc(O)c(SCCCC[NH+]2CCCCC2)c1.[Cl-]. The molecule has 1 aromatic carbocycles. The number of phenolic OH excluding ortho intramolecular Hbond substituents is 2. The summed E-state index contributed by atoms with van der Waals surface area (Å²) in [7, 11) is 0. The van der Waals surface area contributed by atoms with Crippen LogP contribution in [0.3, 0.4) is 0 Å². The summed E-state index contributed by atoms with van der Waals surface area (Å²) < 4.78 is 0. The molecule has 3 N–H and O–H groups in total. The van der Waals surface area contributed by atoms with Crippen LogP contribution < -0.4 is 17.3 Å². The lowest BCUT2D eigenvalue weighted by atomic mass is 10.1. The molecule has 2 rings (SSSR count). The minimum absolute atomic E-state index is 0. The molecular formula is C15H24ClNO2S. The van der Waals surface area contributed by atoms with Gasteiger partial charge >= 0.3 is 0 Å². The third kappa shape index (κ3) is 5.81. The van der Waals surface area contributed by atoms with Gasteiger partial charge in [-0.15, -0.1) is 11.8 Å². The molecule has 0 amide bonds. The number of hydrogen-bond acceptors (Lipinski definition) is 3. The Balaban J connectivity index is 0.00000200. The third-order valence-electron chi connectivity index (χ3n) is 3.69. The average molecular weight is 318 g/mol. The van der Waals surface area contributed by atoms with E-state index in [1.807, 2.05) is 0 Å². The van der Waals surface area contributed by atoms with Crippen LogP contribution in [0.2, 0.25) is 0 Å². The van der Waals surface area contributed by atoms with Gasteiger partial charge in [0.15, 0.2) is 0 Å². The highest BCUT2D eigenvalue weighted by Crippen LogP contribution is 2.31. The molecule has 5 heteroatoms. The summed E-state index contributed by atoms with van der Waals surface area (Å²) in [5, 5.41) is 19.0.